The van der Waals surface area contributed by atoms with Crippen molar-refractivity contribution in [1.29, 1.82) is 0 Å². The van der Waals surface area contributed by atoms with Crippen molar-refractivity contribution in [3.8, 4) is 5.69 Å². The van der Waals surface area contributed by atoms with Crippen LogP contribution in [0.15, 0.2) is 36.5 Å². The average Bonchev–Trinajstić information content (AvgIpc) is 2.80. The van der Waals surface area contributed by atoms with Crippen LogP contribution in [-0.4, -0.2) is 33.8 Å². The Morgan fingerprint density at radius 2 is 2.12 bits per heavy atom. The first-order valence-corrected chi connectivity index (χ1v) is 4.96. The van der Waals surface area contributed by atoms with Crippen molar-refractivity contribution in [2.45, 2.75) is 6.10 Å². The Morgan fingerprint density at radius 3 is 2.81 bits per heavy atom. The summed E-state index contributed by atoms with van der Waals surface area (Å²) in [5.74, 6) is 0. The molecule has 1 unspecified atom stereocenters. The fraction of sp³-hybridized carbons (Fsp3) is 0.273. The SMILES string of the molecule is COCC(O)c1cnn(-c2ccccc2)n1. The molecule has 16 heavy (non-hydrogen) atoms. The van der Waals surface area contributed by atoms with E-state index < -0.39 is 6.10 Å². The highest BCUT2D eigenvalue weighted by atomic mass is 16.5. The largest absolute Gasteiger partial charge is 0.384 e. The van der Waals surface area contributed by atoms with Crippen LogP contribution in [-0.2, 0) is 4.74 Å². The number of aromatic nitrogens is 3. The third-order valence-electron chi connectivity index (χ3n) is 2.16. The molecule has 0 radical (unpaired) electrons. The lowest BCUT2D eigenvalue weighted by Crippen LogP contribution is -2.07. The van der Waals surface area contributed by atoms with Gasteiger partial charge >= 0.3 is 0 Å². The number of para-hydroxylation sites is 1. The molecule has 0 amide bonds. The summed E-state index contributed by atoms with van der Waals surface area (Å²) in [7, 11) is 1.53. The quantitative estimate of drug-likeness (QED) is 0.831. The van der Waals surface area contributed by atoms with E-state index in [1.807, 2.05) is 30.3 Å². The molecule has 1 N–H and O–H groups in total. The summed E-state index contributed by atoms with van der Waals surface area (Å²) in [6.07, 6.45) is 0.805. The molecule has 0 saturated carbocycles. The highest BCUT2D eigenvalue weighted by Crippen LogP contribution is 2.10. The molecule has 2 aromatic rings. The summed E-state index contributed by atoms with van der Waals surface area (Å²) in [6.45, 7) is 0.216. The molecule has 0 aliphatic heterocycles. The van der Waals surface area contributed by atoms with Crippen molar-refractivity contribution in [3.05, 3.63) is 42.2 Å². The highest BCUT2D eigenvalue weighted by molar-refractivity contribution is 5.28. The Hall–Kier alpha value is -1.72. The van der Waals surface area contributed by atoms with Crippen molar-refractivity contribution in [2.75, 3.05) is 13.7 Å². The summed E-state index contributed by atoms with van der Waals surface area (Å²) < 4.78 is 4.85. The van der Waals surface area contributed by atoms with Gasteiger partial charge in [-0.15, -0.1) is 0 Å². The molecule has 0 aliphatic carbocycles. The molecular formula is C11H13N3O2. The van der Waals surface area contributed by atoms with E-state index in [0.29, 0.717) is 5.69 Å². The zero-order chi connectivity index (χ0) is 11.4. The van der Waals surface area contributed by atoms with Crippen LogP contribution in [0.25, 0.3) is 5.69 Å². The van der Waals surface area contributed by atoms with E-state index in [1.165, 1.54) is 18.1 Å². The number of ether oxygens (including phenoxy) is 1. The number of benzene rings is 1. The van der Waals surface area contributed by atoms with Crippen molar-refractivity contribution in [3.63, 3.8) is 0 Å². The van der Waals surface area contributed by atoms with Gasteiger partial charge in [0.2, 0.25) is 0 Å². The van der Waals surface area contributed by atoms with E-state index in [9.17, 15) is 5.11 Å². The lowest BCUT2D eigenvalue weighted by Gasteiger charge is -2.04. The zero-order valence-corrected chi connectivity index (χ0v) is 8.95. The number of hydrogen-bond donors (Lipinski definition) is 1. The molecule has 0 fully saturated rings. The maximum atomic E-state index is 9.64. The molecule has 5 nitrogen and oxygen atoms in total. The first kappa shape index (κ1) is 10.8. The van der Waals surface area contributed by atoms with Crippen LogP contribution in [0.1, 0.15) is 11.8 Å². The second kappa shape index (κ2) is 4.87. The van der Waals surface area contributed by atoms with Gasteiger partial charge in [0, 0.05) is 7.11 Å². The maximum Gasteiger partial charge on any atom is 0.123 e. The number of methoxy groups -OCH3 is 1. The molecule has 0 saturated heterocycles. The number of nitrogens with zero attached hydrogens (tertiary/aromatic N) is 3. The lowest BCUT2D eigenvalue weighted by molar-refractivity contribution is 0.0615. The predicted molar refractivity (Wildman–Crippen MR) is 58.2 cm³/mol. The minimum absolute atomic E-state index is 0.216. The average molecular weight is 219 g/mol. The van der Waals surface area contributed by atoms with Gasteiger partial charge in [-0.05, 0) is 12.1 Å². The van der Waals surface area contributed by atoms with Crippen LogP contribution in [0.2, 0.25) is 0 Å². The van der Waals surface area contributed by atoms with E-state index in [-0.39, 0.29) is 6.61 Å². The van der Waals surface area contributed by atoms with E-state index >= 15 is 0 Å². The smallest absolute Gasteiger partial charge is 0.123 e. The molecule has 84 valence electrons. The van der Waals surface area contributed by atoms with Gasteiger partial charge in [-0.2, -0.15) is 15.0 Å². The van der Waals surface area contributed by atoms with Gasteiger partial charge in [-0.1, -0.05) is 18.2 Å². The first-order chi connectivity index (χ1) is 7.81. The monoisotopic (exact) mass is 219 g/mol. The molecular weight excluding hydrogens is 206 g/mol. The summed E-state index contributed by atoms with van der Waals surface area (Å²) in [5.41, 5.74) is 1.36. The fourth-order valence-electron chi connectivity index (χ4n) is 1.36. The van der Waals surface area contributed by atoms with E-state index in [2.05, 4.69) is 10.2 Å². The minimum Gasteiger partial charge on any atom is -0.384 e. The molecule has 0 bridgehead atoms. The van der Waals surface area contributed by atoms with Gasteiger partial charge in [0.05, 0.1) is 18.5 Å². The number of aliphatic hydroxyl groups excluding tert-OH is 1. The summed E-state index contributed by atoms with van der Waals surface area (Å²) in [6, 6.07) is 9.53. The molecule has 1 atom stereocenters. The van der Waals surface area contributed by atoms with E-state index in [0.717, 1.165) is 5.69 Å². The number of aliphatic hydroxyl groups is 1. The molecule has 5 heteroatoms. The summed E-state index contributed by atoms with van der Waals surface area (Å²) in [5, 5.41) is 17.9. The van der Waals surface area contributed by atoms with E-state index in [1.54, 1.807) is 0 Å². The van der Waals surface area contributed by atoms with Crippen LogP contribution in [0.3, 0.4) is 0 Å². The Bertz CT molecular complexity index is 442. The lowest BCUT2D eigenvalue weighted by atomic mass is 10.3. The van der Waals surface area contributed by atoms with Gasteiger partial charge in [0.15, 0.2) is 0 Å². The second-order valence-electron chi connectivity index (χ2n) is 3.37. The Morgan fingerprint density at radius 1 is 1.38 bits per heavy atom. The Labute approximate surface area is 93.3 Å². The molecule has 1 aromatic heterocycles. The predicted octanol–water partition coefficient (Wildman–Crippen LogP) is 0.947. The normalized spacial score (nSPS) is 12.6. The third kappa shape index (κ3) is 2.26. The molecule has 1 heterocycles. The van der Waals surface area contributed by atoms with Crippen LogP contribution in [0, 0.1) is 0 Å². The minimum atomic E-state index is -0.734. The Kier molecular flexibility index (Phi) is 3.28. The van der Waals surface area contributed by atoms with Gasteiger partial charge in [0.25, 0.3) is 0 Å². The van der Waals surface area contributed by atoms with Crippen molar-refractivity contribution in [2.24, 2.45) is 0 Å². The number of hydrogen-bond acceptors (Lipinski definition) is 4. The van der Waals surface area contributed by atoms with Crippen LogP contribution >= 0.6 is 0 Å². The fourth-order valence-corrected chi connectivity index (χ4v) is 1.36. The topological polar surface area (TPSA) is 60.2 Å². The van der Waals surface area contributed by atoms with Gasteiger partial charge in [0.1, 0.15) is 11.8 Å². The van der Waals surface area contributed by atoms with E-state index in [4.69, 9.17) is 4.74 Å². The maximum absolute atomic E-state index is 9.64. The van der Waals surface area contributed by atoms with Crippen molar-refractivity contribution >= 4 is 0 Å². The van der Waals surface area contributed by atoms with Crippen molar-refractivity contribution < 1.29 is 9.84 Å². The van der Waals surface area contributed by atoms with Crippen LogP contribution in [0.5, 0.6) is 0 Å². The standard InChI is InChI=1S/C11H13N3O2/c1-16-8-11(15)10-7-12-14(13-10)9-5-3-2-4-6-9/h2-7,11,15H,8H2,1H3. The molecule has 2 rings (SSSR count). The summed E-state index contributed by atoms with van der Waals surface area (Å²) in [4.78, 5) is 1.48. The van der Waals surface area contributed by atoms with Crippen LogP contribution < -0.4 is 0 Å². The molecule has 0 aliphatic rings. The zero-order valence-electron chi connectivity index (χ0n) is 8.95. The van der Waals surface area contributed by atoms with Crippen molar-refractivity contribution in [1.82, 2.24) is 15.0 Å². The Balaban J connectivity index is 2.20. The highest BCUT2D eigenvalue weighted by Gasteiger charge is 2.11. The van der Waals surface area contributed by atoms with Crippen LogP contribution in [0.4, 0.5) is 0 Å². The van der Waals surface area contributed by atoms with Gasteiger partial charge < -0.3 is 9.84 Å². The first-order valence-electron chi connectivity index (χ1n) is 4.96. The van der Waals surface area contributed by atoms with Gasteiger partial charge in [-0.25, -0.2) is 0 Å². The molecule has 1 aromatic carbocycles. The number of rotatable bonds is 4. The molecule has 0 spiro atoms. The second-order valence-corrected chi connectivity index (χ2v) is 3.37. The third-order valence-corrected chi connectivity index (χ3v) is 2.16. The van der Waals surface area contributed by atoms with Gasteiger partial charge in [-0.3, -0.25) is 0 Å². The summed E-state index contributed by atoms with van der Waals surface area (Å²) >= 11 is 0.